The lowest BCUT2D eigenvalue weighted by Crippen LogP contribution is -1.97. The second-order valence-corrected chi connectivity index (χ2v) is 5.52. The van der Waals surface area contributed by atoms with Crippen molar-refractivity contribution in [2.75, 3.05) is 0 Å². The number of carbonyl (C=O) groups excluding carboxylic acids is 1. The van der Waals surface area contributed by atoms with Gasteiger partial charge in [0.05, 0.1) is 0 Å². The fraction of sp³-hybridized carbons (Fsp3) is 0.526. The Bertz CT molecular complexity index is 477. The molecule has 0 aliphatic rings. The van der Waals surface area contributed by atoms with Crippen LogP contribution in [0.3, 0.4) is 0 Å². The molecule has 0 heterocycles. The maximum Gasteiger partial charge on any atom is 0.205 e. The average molecular weight is 286 g/mol. The van der Waals surface area contributed by atoms with Crippen LogP contribution in [0.25, 0.3) is 0 Å². The third-order valence-electron chi connectivity index (χ3n) is 3.50. The number of aryl methyl sites for hydroxylation is 1. The lowest BCUT2D eigenvalue weighted by Gasteiger charge is -2.03. The first-order valence-corrected chi connectivity index (χ1v) is 7.92. The van der Waals surface area contributed by atoms with E-state index in [0.29, 0.717) is 6.42 Å². The van der Waals surface area contributed by atoms with Crippen LogP contribution in [-0.2, 0) is 4.79 Å². The van der Waals surface area contributed by atoms with Gasteiger partial charge in [0.15, 0.2) is 0 Å². The highest BCUT2D eigenvalue weighted by Gasteiger charge is 2.03. The molecule has 0 saturated carbocycles. The molecule has 2 heteroatoms. The molecular formula is C19H26O2. The van der Waals surface area contributed by atoms with Gasteiger partial charge in [-0.05, 0) is 24.8 Å². The van der Waals surface area contributed by atoms with Crippen molar-refractivity contribution in [3.8, 4) is 11.8 Å². The summed E-state index contributed by atoms with van der Waals surface area (Å²) in [4.78, 5) is 11.6. The zero-order chi connectivity index (χ0) is 15.5. The van der Waals surface area contributed by atoms with E-state index in [-0.39, 0.29) is 5.78 Å². The van der Waals surface area contributed by atoms with Crippen molar-refractivity contribution in [3.63, 3.8) is 0 Å². The van der Waals surface area contributed by atoms with Gasteiger partial charge in [-0.3, -0.25) is 4.79 Å². The van der Waals surface area contributed by atoms with Gasteiger partial charge in [0.1, 0.15) is 6.10 Å². The van der Waals surface area contributed by atoms with Crippen LogP contribution in [-0.4, -0.2) is 10.9 Å². The minimum absolute atomic E-state index is 0.0725. The van der Waals surface area contributed by atoms with E-state index in [1.54, 1.807) is 0 Å². The molecular weight excluding hydrogens is 260 g/mol. The van der Waals surface area contributed by atoms with Gasteiger partial charge in [-0.2, -0.15) is 0 Å². The van der Waals surface area contributed by atoms with Crippen LogP contribution < -0.4 is 0 Å². The average Bonchev–Trinajstić information content (AvgIpc) is 2.49. The Balaban J connectivity index is 2.29. The molecule has 1 aromatic carbocycles. The van der Waals surface area contributed by atoms with Crippen molar-refractivity contribution in [3.05, 3.63) is 35.4 Å². The molecule has 21 heavy (non-hydrogen) atoms. The Kier molecular flexibility index (Phi) is 8.47. The maximum atomic E-state index is 11.6. The number of carbonyl (C=O) groups is 1. The molecule has 0 aliphatic heterocycles. The van der Waals surface area contributed by atoms with E-state index in [2.05, 4.69) is 18.8 Å². The normalized spacial score (nSPS) is 11.6. The quantitative estimate of drug-likeness (QED) is 0.438. The number of benzene rings is 1. The Morgan fingerprint density at radius 1 is 1.10 bits per heavy atom. The van der Waals surface area contributed by atoms with Crippen molar-refractivity contribution < 1.29 is 9.90 Å². The van der Waals surface area contributed by atoms with E-state index < -0.39 is 6.10 Å². The second-order valence-electron chi connectivity index (χ2n) is 5.52. The molecule has 0 spiro atoms. The molecule has 1 N–H and O–H groups in total. The number of Topliss-reactive ketones (excluding diaryl/α,β-unsaturated/α-hetero) is 1. The number of hydrogen-bond donors (Lipinski definition) is 1. The van der Waals surface area contributed by atoms with E-state index in [4.69, 9.17) is 0 Å². The van der Waals surface area contributed by atoms with E-state index in [0.717, 1.165) is 24.0 Å². The van der Waals surface area contributed by atoms with Gasteiger partial charge in [-0.1, -0.05) is 74.8 Å². The first kappa shape index (κ1) is 17.5. The Hall–Kier alpha value is -1.59. The first-order valence-electron chi connectivity index (χ1n) is 7.92. The maximum absolute atomic E-state index is 11.6. The number of aliphatic hydroxyl groups excluding tert-OH is 1. The largest absolute Gasteiger partial charge is 0.376 e. The van der Waals surface area contributed by atoms with Gasteiger partial charge in [0, 0.05) is 6.42 Å². The van der Waals surface area contributed by atoms with Gasteiger partial charge in [0.2, 0.25) is 5.78 Å². The minimum Gasteiger partial charge on any atom is -0.376 e. The standard InChI is InChI=1S/C19H26O2/c1-3-4-5-6-7-8-9-18(20)14-15-19(21)17-12-10-16(2)11-13-17/h10-13,19,21H,3-9H2,1-2H3. The third-order valence-corrected chi connectivity index (χ3v) is 3.50. The summed E-state index contributed by atoms with van der Waals surface area (Å²) in [6.07, 6.45) is 6.57. The highest BCUT2D eigenvalue weighted by Crippen LogP contribution is 2.12. The van der Waals surface area contributed by atoms with Crippen molar-refractivity contribution in [2.24, 2.45) is 0 Å². The summed E-state index contributed by atoms with van der Waals surface area (Å²) in [5, 5.41) is 9.90. The van der Waals surface area contributed by atoms with E-state index >= 15 is 0 Å². The number of rotatable bonds is 8. The first-order chi connectivity index (χ1) is 10.1. The summed E-state index contributed by atoms with van der Waals surface area (Å²) in [5.74, 6) is 5.12. The predicted octanol–water partition coefficient (Wildman–Crippen LogP) is 4.35. The Morgan fingerprint density at radius 2 is 1.71 bits per heavy atom. The predicted molar refractivity (Wildman–Crippen MR) is 86.9 cm³/mol. The summed E-state index contributed by atoms with van der Waals surface area (Å²) in [5.41, 5.74) is 1.87. The van der Waals surface area contributed by atoms with Gasteiger partial charge >= 0.3 is 0 Å². The van der Waals surface area contributed by atoms with Crippen LogP contribution in [0.2, 0.25) is 0 Å². The molecule has 2 nitrogen and oxygen atoms in total. The van der Waals surface area contributed by atoms with Gasteiger partial charge in [-0.25, -0.2) is 0 Å². The molecule has 1 rings (SSSR count). The Labute approximate surface area is 128 Å². The van der Waals surface area contributed by atoms with Crippen LogP contribution in [0.5, 0.6) is 0 Å². The molecule has 1 aromatic rings. The fourth-order valence-corrected chi connectivity index (χ4v) is 2.11. The van der Waals surface area contributed by atoms with Crippen LogP contribution in [0.4, 0.5) is 0 Å². The summed E-state index contributed by atoms with van der Waals surface area (Å²) in [6.45, 7) is 4.18. The molecule has 0 amide bonds. The molecule has 0 bridgehead atoms. The highest BCUT2D eigenvalue weighted by atomic mass is 16.3. The van der Waals surface area contributed by atoms with Crippen LogP contribution in [0.15, 0.2) is 24.3 Å². The fourth-order valence-electron chi connectivity index (χ4n) is 2.11. The molecule has 0 saturated heterocycles. The van der Waals surface area contributed by atoms with Crippen molar-refractivity contribution in [1.82, 2.24) is 0 Å². The SMILES string of the molecule is CCCCCCCCC(=O)C#CC(O)c1ccc(C)cc1. The van der Waals surface area contributed by atoms with Crippen molar-refractivity contribution >= 4 is 5.78 Å². The number of hydrogen-bond acceptors (Lipinski definition) is 2. The molecule has 0 aromatic heterocycles. The smallest absolute Gasteiger partial charge is 0.205 e. The molecule has 1 unspecified atom stereocenters. The van der Waals surface area contributed by atoms with Gasteiger partial charge in [0.25, 0.3) is 0 Å². The minimum atomic E-state index is -0.876. The molecule has 0 radical (unpaired) electrons. The van der Waals surface area contributed by atoms with E-state index in [9.17, 15) is 9.90 Å². The third kappa shape index (κ3) is 7.68. The number of aliphatic hydroxyl groups is 1. The zero-order valence-corrected chi connectivity index (χ0v) is 13.2. The lowest BCUT2D eigenvalue weighted by molar-refractivity contribution is -0.113. The summed E-state index contributed by atoms with van der Waals surface area (Å²) in [7, 11) is 0. The monoisotopic (exact) mass is 286 g/mol. The molecule has 1 atom stereocenters. The van der Waals surface area contributed by atoms with Crippen LogP contribution >= 0.6 is 0 Å². The topological polar surface area (TPSA) is 37.3 Å². The summed E-state index contributed by atoms with van der Waals surface area (Å²) < 4.78 is 0. The second kappa shape index (κ2) is 10.2. The van der Waals surface area contributed by atoms with Crippen molar-refractivity contribution in [1.29, 1.82) is 0 Å². The lowest BCUT2D eigenvalue weighted by atomic mass is 10.1. The summed E-state index contributed by atoms with van der Waals surface area (Å²) >= 11 is 0. The Morgan fingerprint density at radius 3 is 2.38 bits per heavy atom. The molecule has 0 aliphatic carbocycles. The zero-order valence-electron chi connectivity index (χ0n) is 13.2. The van der Waals surface area contributed by atoms with Crippen molar-refractivity contribution in [2.45, 2.75) is 64.9 Å². The summed E-state index contributed by atoms with van der Waals surface area (Å²) in [6, 6.07) is 7.54. The van der Waals surface area contributed by atoms with E-state index in [1.165, 1.54) is 25.7 Å². The number of unbranched alkanes of at least 4 members (excludes halogenated alkanes) is 5. The van der Waals surface area contributed by atoms with Crippen LogP contribution in [0.1, 0.15) is 69.1 Å². The van der Waals surface area contributed by atoms with Crippen LogP contribution in [0, 0.1) is 18.8 Å². The molecule has 114 valence electrons. The highest BCUT2D eigenvalue weighted by molar-refractivity contribution is 5.95. The van der Waals surface area contributed by atoms with Gasteiger partial charge < -0.3 is 5.11 Å². The number of ketones is 1. The van der Waals surface area contributed by atoms with Gasteiger partial charge in [-0.15, -0.1) is 0 Å². The van der Waals surface area contributed by atoms with E-state index in [1.807, 2.05) is 31.2 Å². The molecule has 0 fully saturated rings.